The van der Waals surface area contributed by atoms with Crippen molar-refractivity contribution in [1.82, 2.24) is 0 Å². The first-order valence-electron chi connectivity index (χ1n) is 6.36. The number of rotatable bonds is 5. The molecule has 0 aliphatic heterocycles. The van der Waals surface area contributed by atoms with Gasteiger partial charge in [0.2, 0.25) is 5.91 Å². The number of benzene rings is 2. The molecular weight excluding hydrogens is 270 g/mol. The number of carbonyl (C=O) groups is 1. The van der Waals surface area contributed by atoms with E-state index in [0.717, 1.165) is 5.56 Å². The van der Waals surface area contributed by atoms with E-state index in [2.05, 4.69) is 17.9 Å². The van der Waals surface area contributed by atoms with Gasteiger partial charge in [0.1, 0.15) is 5.75 Å². The third kappa shape index (κ3) is 3.78. The second kappa shape index (κ2) is 7.01. The monoisotopic (exact) mass is 287 g/mol. The van der Waals surface area contributed by atoms with E-state index in [4.69, 9.17) is 4.74 Å². The smallest absolute Gasteiger partial charge is 0.237 e. The maximum atomic E-state index is 12.1. The molecule has 0 spiro atoms. The molecule has 4 heteroatoms. The van der Waals surface area contributed by atoms with Crippen LogP contribution in [0.5, 0.6) is 5.75 Å². The van der Waals surface area contributed by atoms with Crippen molar-refractivity contribution < 1.29 is 9.53 Å². The first-order valence-corrected chi connectivity index (χ1v) is 6.88. The number of ether oxygens (including phenoxy) is 1. The van der Waals surface area contributed by atoms with Crippen molar-refractivity contribution in [1.29, 1.82) is 0 Å². The van der Waals surface area contributed by atoms with Gasteiger partial charge >= 0.3 is 0 Å². The van der Waals surface area contributed by atoms with Crippen LogP contribution in [0.3, 0.4) is 0 Å². The summed E-state index contributed by atoms with van der Waals surface area (Å²) in [5.74, 6) is 0.503. The highest BCUT2D eigenvalue weighted by Crippen LogP contribution is 2.23. The zero-order valence-electron chi connectivity index (χ0n) is 11.2. The lowest BCUT2D eigenvalue weighted by Gasteiger charge is -2.13. The normalized spacial score (nSPS) is 11.7. The van der Waals surface area contributed by atoms with Crippen LogP contribution < -0.4 is 10.1 Å². The highest BCUT2D eigenvalue weighted by atomic mass is 32.1. The molecule has 0 bridgehead atoms. The molecule has 20 heavy (non-hydrogen) atoms. The molecule has 0 aliphatic carbocycles. The zero-order valence-corrected chi connectivity index (χ0v) is 12.1. The first-order chi connectivity index (χ1) is 9.70. The Morgan fingerprint density at radius 2 is 1.80 bits per heavy atom. The van der Waals surface area contributed by atoms with Gasteiger partial charge < -0.3 is 10.1 Å². The lowest BCUT2D eigenvalue weighted by atomic mass is 10.1. The fourth-order valence-corrected chi connectivity index (χ4v) is 2.17. The van der Waals surface area contributed by atoms with Gasteiger partial charge in [0.05, 0.1) is 18.0 Å². The van der Waals surface area contributed by atoms with Crippen LogP contribution in [0.25, 0.3) is 0 Å². The summed E-state index contributed by atoms with van der Waals surface area (Å²) in [7, 11) is 1.58. The number of methoxy groups -OCH3 is 1. The molecule has 2 rings (SSSR count). The predicted octanol–water partition coefficient (Wildman–Crippen LogP) is 3.17. The van der Waals surface area contributed by atoms with Gasteiger partial charge in [0.25, 0.3) is 0 Å². The third-order valence-electron chi connectivity index (χ3n) is 2.94. The van der Waals surface area contributed by atoms with Crippen molar-refractivity contribution in [3.63, 3.8) is 0 Å². The van der Waals surface area contributed by atoms with Gasteiger partial charge in [0.15, 0.2) is 0 Å². The molecule has 1 N–H and O–H groups in total. The van der Waals surface area contributed by atoms with Gasteiger partial charge in [-0.1, -0.05) is 42.5 Å². The summed E-state index contributed by atoms with van der Waals surface area (Å²) in [6.45, 7) is 0. The Bertz CT molecular complexity index is 572. The minimum atomic E-state index is -0.401. The molecule has 0 saturated carbocycles. The summed E-state index contributed by atoms with van der Waals surface area (Å²) in [6, 6.07) is 17.1. The van der Waals surface area contributed by atoms with Crippen LogP contribution >= 0.6 is 12.6 Å². The summed E-state index contributed by atoms with van der Waals surface area (Å²) >= 11 is 4.38. The van der Waals surface area contributed by atoms with Crippen LogP contribution in [0.2, 0.25) is 0 Å². The Morgan fingerprint density at radius 3 is 2.50 bits per heavy atom. The summed E-state index contributed by atoms with van der Waals surface area (Å²) in [5.41, 5.74) is 1.75. The number of amides is 1. The molecule has 0 aromatic heterocycles. The molecule has 0 saturated heterocycles. The average Bonchev–Trinajstić information content (AvgIpc) is 2.48. The Hall–Kier alpha value is -1.94. The first kappa shape index (κ1) is 14.5. The predicted molar refractivity (Wildman–Crippen MR) is 84.5 cm³/mol. The number of hydrogen-bond acceptors (Lipinski definition) is 3. The van der Waals surface area contributed by atoms with Gasteiger partial charge in [-0.05, 0) is 24.1 Å². The van der Waals surface area contributed by atoms with Crippen LogP contribution in [0, 0.1) is 0 Å². The van der Waals surface area contributed by atoms with Gasteiger partial charge in [-0.3, -0.25) is 4.79 Å². The molecule has 1 unspecified atom stereocenters. The number of anilines is 1. The van der Waals surface area contributed by atoms with Crippen molar-refractivity contribution >= 4 is 24.2 Å². The fraction of sp³-hybridized carbons (Fsp3) is 0.188. The average molecular weight is 287 g/mol. The van der Waals surface area contributed by atoms with E-state index >= 15 is 0 Å². The van der Waals surface area contributed by atoms with Crippen LogP contribution in [0.15, 0.2) is 54.6 Å². The molecule has 0 aliphatic rings. The minimum absolute atomic E-state index is 0.137. The Labute approximate surface area is 124 Å². The van der Waals surface area contributed by atoms with E-state index in [9.17, 15) is 4.79 Å². The van der Waals surface area contributed by atoms with Crippen molar-refractivity contribution in [2.45, 2.75) is 11.7 Å². The van der Waals surface area contributed by atoms with Gasteiger partial charge in [-0.25, -0.2) is 0 Å². The number of nitrogens with one attached hydrogen (secondary N) is 1. The Balaban J connectivity index is 2.01. The molecule has 1 amide bonds. The van der Waals surface area contributed by atoms with Gasteiger partial charge in [0, 0.05) is 0 Å². The molecule has 0 heterocycles. The molecule has 0 radical (unpaired) electrons. The topological polar surface area (TPSA) is 38.3 Å². The van der Waals surface area contributed by atoms with Crippen LogP contribution in [0.1, 0.15) is 5.56 Å². The van der Waals surface area contributed by atoms with E-state index in [1.807, 2.05) is 42.5 Å². The second-order valence-electron chi connectivity index (χ2n) is 4.40. The van der Waals surface area contributed by atoms with Crippen LogP contribution in [-0.4, -0.2) is 18.3 Å². The van der Waals surface area contributed by atoms with E-state index in [1.165, 1.54) is 0 Å². The molecule has 1 atom stereocenters. The SMILES string of the molecule is COc1ccccc1NC(=O)C(S)Cc1ccccc1. The Morgan fingerprint density at radius 1 is 1.15 bits per heavy atom. The summed E-state index contributed by atoms with van der Waals surface area (Å²) in [4.78, 5) is 12.1. The number of hydrogen-bond donors (Lipinski definition) is 2. The van der Waals surface area contributed by atoms with Crippen molar-refractivity contribution in [2.75, 3.05) is 12.4 Å². The third-order valence-corrected chi connectivity index (χ3v) is 3.36. The van der Waals surface area contributed by atoms with Crippen molar-refractivity contribution in [3.05, 3.63) is 60.2 Å². The number of thiol groups is 1. The molecule has 2 aromatic rings. The molecular formula is C16H17NO2S. The quantitative estimate of drug-likeness (QED) is 0.829. The summed E-state index contributed by atoms with van der Waals surface area (Å²) < 4.78 is 5.20. The molecule has 104 valence electrons. The van der Waals surface area contributed by atoms with E-state index in [-0.39, 0.29) is 5.91 Å². The Kier molecular flexibility index (Phi) is 5.07. The maximum Gasteiger partial charge on any atom is 0.237 e. The van der Waals surface area contributed by atoms with Crippen molar-refractivity contribution in [3.8, 4) is 5.75 Å². The highest BCUT2D eigenvalue weighted by molar-refractivity contribution is 7.81. The van der Waals surface area contributed by atoms with Crippen LogP contribution in [0.4, 0.5) is 5.69 Å². The zero-order chi connectivity index (χ0) is 14.4. The number of carbonyl (C=O) groups excluding carboxylic acids is 1. The maximum absolute atomic E-state index is 12.1. The lowest BCUT2D eigenvalue weighted by Crippen LogP contribution is -2.25. The molecule has 0 fully saturated rings. The summed E-state index contributed by atoms with van der Waals surface area (Å²) in [6.07, 6.45) is 0.588. The fourth-order valence-electron chi connectivity index (χ4n) is 1.89. The second-order valence-corrected chi connectivity index (χ2v) is 5.02. The number of para-hydroxylation sites is 2. The minimum Gasteiger partial charge on any atom is -0.495 e. The van der Waals surface area contributed by atoms with E-state index in [1.54, 1.807) is 19.2 Å². The van der Waals surface area contributed by atoms with Gasteiger partial charge in [-0.2, -0.15) is 12.6 Å². The van der Waals surface area contributed by atoms with Crippen LogP contribution in [-0.2, 0) is 11.2 Å². The van der Waals surface area contributed by atoms with Crippen molar-refractivity contribution in [2.24, 2.45) is 0 Å². The van der Waals surface area contributed by atoms with Gasteiger partial charge in [-0.15, -0.1) is 0 Å². The lowest BCUT2D eigenvalue weighted by molar-refractivity contribution is -0.115. The largest absolute Gasteiger partial charge is 0.495 e. The molecule has 2 aromatic carbocycles. The molecule has 3 nitrogen and oxygen atoms in total. The standard InChI is InChI=1S/C16H17NO2S/c1-19-14-10-6-5-9-13(14)17-16(18)15(20)11-12-7-3-2-4-8-12/h2-10,15,20H,11H2,1H3,(H,17,18). The van der Waals surface area contributed by atoms with E-state index < -0.39 is 5.25 Å². The summed E-state index contributed by atoms with van der Waals surface area (Å²) in [5, 5.41) is 2.44. The highest BCUT2D eigenvalue weighted by Gasteiger charge is 2.16. The van der Waals surface area contributed by atoms with E-state index in [0.29, 0.717) is 17.9 Å².